The molecule has 0 fully saturated rings. The van der Waals surface area contributed by atoms with Crippen LogP contribution in [0.1, 0.15) is 30.5 Å². The van der Waals surface area contributed by atoms with E-state index in [4.69, 9.17) is 11.6 Å². The maximum atomic E-state index is 13.3. The normalized spacial score (nSPS) is 12.4. The lowest BCUT2D eigenvalue weighted by atomic mass is 9.98. The van der Waals surface area contributed by atoms with E-state index in [-0.39, 0.29) is 6.04 Å². The molecule has 0 aliphatic rings. The first-order chi connectivity index (χ1) is 10.1. The van der Waals surface area contributed by atoms with E-state index in [0.29, 0.717) is 11.4 Å². The largest absolute Gasteiger partial charge is 0.310 e. The molecule has 0 aromatic heterocycles. The summed E-state index contributed by atoms with van der Waals surface area (Å²) < 4.78 is 26.3. The Kier molecular flexibility index (Phi) is 5.71. The summed E-state index contributed by atoms with van der Waals surface area (Å²) in [5.74, 6) is -1.63. The van der Waals surface area contributed by atoms with Crippen molar-refractivity contribution in [3.8, 4) is 0 Å². The minimum atomic E-state index is -0.820. The molecule has 0 heterocycles. The number of nitrogens with one attached hydrogen (secondary N) is 1. The second kappa shape index (κ2) is 7.53. The van der Waals surface area contributed by atoms with Crippen LogP contribution in [0, 0.1) is 11.6 Å². The van der Waals surface area contributed by atoms with Gasteiger partial charge in [0, 0.05) is 11.1 Å². The third kappa shape index (κ3) is 4.51. The Morgan fingerprint density at radius 3 is 2.57 bits per heavy atom. The molecule has 1 atom stereocenters. The van der Waals surface area contributed by atoms with Gasteiger partial charge in [-0.05, 0) is 54.8 Å². The average Bonchev–Trinajstić information content (AvgIpc) is 2.47. The molecule has 2 aromatic rings. The summed E-state index contributed by atoms with van der Waals surface area (Å²) in [5, 5.41) is 4.09. The summed E-state index contributed by atoms with van der Waals surface area (Å²) in [5.41, 5.74) is 1.79. The highest BCUT2D eigenvalue weighted by atomic mass is 35.5. The van der Waals surface area contributed by atoms with Crippen molar-refractivity contribution in [1.82, 2.24) is 5.32 Å². The maximum Gasteiger partial charge on any atom is 0.159 e. The van der Waals surface area contributed by atoms with Crippen molar-refractivity contribution >= 4 is 11.6 Å². The molecule has 0 amide bonds. The number of hydrogen-bond acceptors (Lipinski definition) is 1. The van der Waals surface area contributed by atoms with E-state index < -0.39 is 11.6 Å². The molecule has 0 aliphatic carbocycles. The third-order valence-electron chi connectivity index (χ3n) is 3.32. The topological polar surface area (TPSA) is 12.0 Å². The summed E-state index contributed by atoms with van der Waals surface area (Å²) in [7, 11) is 0. The van der Waals surface area contributed by atoms with Crippen LogP contribution in [0.25, 0.3) is 0 Å². The lowest BCUT2D eigenvalue weighted by Crippen LogP contribution is -2.24. The molecule has 2 aromatic carbocycles. The highest BCUT2D eigenvalue weighted by Crippen LogP contribution is 2.22. The first-order valence-electron chi connectivity index (χ1n) is 7.03. The van der Waals surface area contributed by atoms with Gasteiger partial charge in [0.1, 0.15) is 0 Å². The first kappa shape index (κ1) is 15.9. The van der Waals surface area contributed by atoms with Gasteiger partial charge in [0.15, 0.2) is 11.6 Å². The first-order valence-corrected chi connectivity index (χ1v) is 7.40. The fourth-order valence-corrected chi connectivity index (χ4v) is 2.45. The van der Waals surface area contributed by atoms with Crippen LogP contribution in [0.5, 0.6) is 0 Å². The Balaban J connectivity index is 2.21. The molecule has 0 bridgehead atoms. The zero-order valence-corrected chi connectivity index (χ0v) is 12.6. The number of halogens is 3. The van der Waals surface area contributed by atoms with Crippen LogP contribution in [0.3, 0.4) is 0 Å². The lowest BCUT2D eigenvalue weighted by Gasteiger charge is -2.19. The predicted molar refractivity (Wildman–Crippen MR) is 82.5 cm³/mol. The van der Waals surface area contributed by atoms with Crippen LogP contribution in [0.4, 0.5) is 8.78 Å². The van der Waals surface area contributed by atoms with Crippen LogP contribution in [0.15, 0.2) is 42.5 Å². The zero-order chi connectivity index (χ0) is 15.2. The molecular weight excluding hydrogens is 292 g/mol. The van der Waals surface area contributed by atoms with Gasteiger partial charge in [0.05, 0.1) is 0 Å². The van der Waals surface area contributed by atoms with E-state index in [2.05, 4.69) is 12.2 Å². The van der Waals surface area contributed by atoms with E-state index in [1.165, 1.54) is 12.1 Å². The van der Waals surface area contributed by atoms with Crippen LogP contribution in [0.2, 0.25) is 5.02 Å². The SMILES string of the molecule is CCCNC(Cc1ccc(F)c(F)c1)c1cccc(Cl)c1. The van der Waals surface area contributed by atoms with Gasteiger partial charge in [-0.1, -0.05) is 36.7 Å². The Morgan fingerprint density at radius 2 is 1.90 bits per heavy atom. The fourth-order valence-electron chi connectivity index (χ4n) is 2.25. The van der Waals surface area contributed by atoms with Crippen molar-refractivity contribution in [2.75, 3.05) is 6.54 Å². The Labute approximate surface area is 128 Å². The van der Waals surface area contributed by atoms with Crippen molar-refractivity contribution in [3.63, 3.8) is 0 Å². The maximum absolute atomic E-state index is 13.3. The van der Waals surface area contributed by atoms with Gasteiger partial charge >= 0.3 is 0 Å². The van der Waals surface area contributed by atoms with Crippen molar-refractivity contribution < 1.29 is 8.78 Å². The highest BCUT2D eigenvalue weighted by Gasteiger charge is 2.13. The van der Waals surface area contributed by atoms with Crippen LogP contribution < -0.4 is 5.32 Å². The van der Waals surface area contributed by atoms with Crippen molar-refractivity contribution in [2.45, 2.75) is 25.8 Å². The van der Waals surface area contributed by atoms with Crippen molar-refractivity contribution in [3.05, 3.63) is 70.2 Å². The number of hydrogen-bond donors (Lipinski definition) is 1. The van der Waals surface area contributed by atoms with E-state index in [1.54, 1.807) is 6.07 Å². The minimum Gasteiger partial charge on any atom is -0.310 e. The standard InChI is InChI=1S/C17H18ClF2N/c1-2-8-21-17(13-4-3-5-14(18)11-13)10-12-6-7-15(19)16(20)9-12/h3-7,9,11,17,21H,2,8,10H2,1H3. The van der Waals surface area contributed by atoms with E-state index in [1.807, 2.05) is 24.3 Å². The molecular formula is C17H18ClF2N. The highest BCUT2D eigenvalue weighted by molar-refractivity contribution is 6.30. The number of rotatable bonds is 6. The minimum absolute atomic E-state index is 0.0218. The molecule has 4 heteroatoms. The monoisotopic (exact) mass is 309 g/mol. The fraction of sp³-hybridized carbons (Fsp3) is 0.294. The van der Waals surface area contributed by atoms with Gasteiger partial charge in [0.2, 0.25) is 0 Å². The van der Waals surface area contributed by atoms with Crippen LogP contribution >= 0.6 is 11.6 Å². The Morgan fingerprint density at radius 1 is 1.10 bits per heavy atom. The van der Waals surface area contributed by atoms with Crippen molar-refractivity contribution in [2.24, 2.45) is 0 Å². The molecule has 0 saturated carbocycles. The quantitative estimate of drug-likeness (QED) is 0.800. The van der Waals surface area contributed by atoms with E-state index in [9.17, 15) is 8.78 Å². The molecule has 0 aliphatic heterocycles. The van der Waals surface area contributed by atoms with Gasteiger partial charge in [-0.2, -0.15) is 0 Å². The molecule has 1 unspecified atom stereocenters. The third-order valence-corrected chi connectivity index (χ3v) is 3.55. The summed E-state index contributed by atoms with van der Waals surface area (Å²) in [6.07, 6.45) is 1.58. The van der Waals surface area contributed by atoms with Gasteiger partial charge in [-0.3, -0.25) is 0 Å². The van der Waals surface area contributed by atoms with Crippen LogP contribution in [-0.2, 0) is 6.42 Å². The van der Waals surface area contributed by atoms with Gasteiger partial charge in [0.25, 0.3) is 0 Å². The molecule has 0 radical (unpaired) electrons. The van der Waals surface area contributed by atoms with Gasteiger partial charge < -0.3 is 5.32 Å². The van der Waals surface area contributed by atoms with Gasteiger partial charge in [-0.15, -0.1) is 0 Å². The summed E-state index contributed by atoms with van der Waals surface area (Å²) in [6.45, 7) is 2.93. The smallest absolute Gasteiger partial charge is 0.159 e. The predicted octanol–water partition coefficient (Wildman–Crippen LogP) is 4.90. The van der Waals surface area contributed by atoms with Crippen molar-refractivity contribution in [1.29, 1.82) is 0 Å². The molecule has 112 valence electrons. The molecule has 21 heavy (non-hydrogen) atoms. The second-order valence-electron chi connectivity index (χ2n) is 5.01. The summed E-state index contributed by atoms with van der Waals surface area (Å²) in [4.78, 5) is 0. The summed E-state index contributed by atoms with van der Waals surface area (Å²) >= 11 is 6.03. The molecule has 1 N–H and O–H groups in total. The summed E-state index contributed by atoms with van der Waals surface area (Å²) in [6, 6.07) is 11.6. The Bertz CT molecular complexity index is 601. The van der Waals surface area contributed by atoms with Gasteiger partial charge in [-0.25, -0.2) is 8.78 Å². The zero-order valence-electron chi connectivity index (χ0n) is 11.9. The van der Waals surface area contributed by atoms with E-state index >= 15 is 0 Å². The molecule has 0 spiro atoms. The van der Waals surface area contributed by atoms with E-state index in [0.717, 1.165) is 24.1 Å². The number of benzene rings is 2. The second-order valence-corrected chi connectivity index (χ2v) is 5.45. The van der Waals surface area contributed by atoms with Crippen LogP contribution in [-0.4, -0.2) is 6.54 Å². The molecule has 0 saturated heterocycles. The average molecular weight is 310 g/mol. The Hall–Kier alpha value is -1.45. The molecule has 1 nitrogen and oxygen atoms in total. The molecule has 2 rings (SSSR count). The lowest BCUT2D eigenvalue weighted by molar-refractivity contribution is 0.500.